The Kier molecular flexibility index (Phi) is 4.18. The molecule has 0 saturated carbocycles. The van der Waals surface area contributed by atoms with E-state index in [9.17, 15) is 9.59 Å². The number of carbonyl (C=O) groups is 2. The van der Waals surface area contributed by atoms with E-state index in [1.807, 2.05) is 30.3 Å². The first kappa shape index (κ1) is 16.6. The molecule has 7 nitrogen and oxygen atoms in total. The maximum absolute atomic E-state index is 12.9. The van der Waals surface area contributed by atoms with E-state index in [4.69, 9.17) is 0 Å². The monoisotopic (exact) mass is 357 g/mol. The van der Waals surface area contributed by atoms with Crippen LogP contribution in [0.25, 0.3) is 16.7 Å². The number of anilines is 1. The van der Waals surface area contributed by atoms with Crippen molar-refractivity contribution in [3.63, 3.8) is 0 Å². The molecular formula is C20H15N5O2. The molecule has 1 amide bonds. The van der Waals surface area contributed by atoms with Crippen LogP contribution in [-0.2, 0) is 4.79 Å². The largest absolute Gasteiger partial charge is 0.326 e. The fourth-order valence-corrected chi connectivity index (χ4v) is 2.83. The smallest absolute Gasteiger partial charge is 0.221 e. The molecule has 2 aromatic heterocycles. The third kappa shape index (κ3) is 3.18. The van der Waals surface area contributed by atoms with Crippen LogP contribution in [0, 0.1) is 0 Å². The van der Waals surface area contributed by atoms with Gasteiger partial charge >= 0.3 is 0 Å². The predicted octanol–water partition coefficient (Wildman–Crippen LogP) is 3.00. The van der Waals surface area contributed by atoms with Crippen molar-refractivity contribution < 1.29 is 9.59 Å². The van der Waals surface area contributed by atoms with Gasteiger partial charge in [-0.25, -0.2) is 14.6 Å². The van der Waals surface area contributed by atoms with Gasteiger partial charge in [0.25, 0.3) is 0 Å². The molecule has 0 atom stereocenters. The predicted molar refractivity (Wildman–Crippen MR) is 101 cm³/mol. The summed E-state index contributed by atoms with van der Waals surface area (Å²) in [6.07, 6.45) is 2.96. The highest BCUT2D eigenvalue weighted by Crippen LogP contribution is 2.21. The average Bonchev–Trinajstić information content (AvgIpc) is 3.12. The molecule has 0 fully saturated rings. The van der Waals surface area contributed by atoms with Gasteiger partial charge in [-0.15, -0.1) is 0 Å². The standard InChI is InChI=1S/C20H15N5O2/c1-13(26)24-15-9-7-14(8-10-15)19(27)18-17-11-23-25(20(17)22-12-21-18)16-5-3-2-4-6-16/h2-12H,1H3,(H,24,26). The highest BCUT2D eigenvalue weighted by molar-refractivity contribution is 6.14. The number of hydrogen-bond donors (Lipinski definition) is 1. The number of benzene rings is 2. The Balaban J connectivity index is 1.73. The fraction of sp³-hybridized carbons (Fsp3) is 0.0500. The van der Waals surface area contributed by atoms with E-state index in [0.717, 1.165) is 5.69 Å². The maximum atomic E-state index is 12.9. The second-order valence-electron chi connectivity index (χ2n) is 5.94. The van der Waals surface area contributed by atoms with Gasteiger partial charge < -0.3 is 5.32 Å². The van der Waals surface area contributed by atoms with Crippen molar-refractivity contribution in [3.05, 3.63) is 78.4 Å². The molecule has 4 rings (SSSR count). The van der Waals surface area contributed by atoms with Gasteiger partial charge in [0.05, 0.1) is 17.3 Å². The Morgan fingerprint density at radius 2 is 1.70 bits per heavy atom. The lowest BCUT2D eigenvalue weighted by Crippen LogP contribution is -2.08. The zero-order valence-electron chi connectivity index (χ0n) is 14.5. The summed E-state index contributed by atoms with van der Waals surface area (Å²) in [5.41, 5.74) is 2.80. The van der Waals surface area contributed by atoms with Crippen molar-refractivity contribution in [2.24, 2.45) is 0 Å². The first-order valence-corrected chi connectivity index (χ1v) is 8.30. The number of amides is 1. The molecule has 1 N–H and O–H groups in total. The molecule has 0 aliphatic rings. The van der Waals surface area contributed by atoms with Crippen LogP contribution in [0.1, 0.15) is 23.0 Å². The van der Waals surface area contributed by atoms with Gasteiger partial charge in [0, 0.05) is 18.2 Å². The van der Waals surface area contributed by atoms with Crippen molar-refractivity contribution >= 4 is 28.4 Å². The topological polar surface area (TPSA) is 89.8 Å². The van der Waals surface area contributed by atoms with E-state index < -0.39 is 0 Å². The molecule has 0 radical (unpaired) electrons. The molecule has 0 bridgehead atoms. The Morgan fingerprint density at radius 1 is 0.963 bits per heavy atom. The number of carbonyl (C=O) groups excluding carboxylic acids is 2. The molecule has 2 aromatic carbocycles. The normalized spacial score (nSPS) is 10.7. The van der Waals surface area contributed by atoms with Crippen LogP contribution in [0.4, 0.5) is 5.69 Å². The minimum atomic E-state index is -0.232. The van der Waals surface area contributed by atoms with E-state index in [2.05, 4.69) is 20.4 Å². The van der Waals surface area contributed by atoms with Crippen LogP contribution in [0.15, 0.2) is 67.1 Å². The van der Waals surface area contributed by atoms with Crippen molar-refractivity contribution in [1.82, 2.24) is 19.7 Å². The first-order chi connectivity index (χ1) is 13.1. The fourth-order valence-electron chi connectivity index (χ4n) is 2.83. The molecule has 2 heterocycles. The second-order valence-corrected chi connectivity index (χ2v) is 5.94. The van der Waals surface area contributed by atoms with Gasteiger partial charge in [-0.1, -0.05) is 18.2 Å². The molecule has 0 aliphatic carbocycles. The van der Waals surface area contributed by atoms with Crippen molar-refractivity contribution in [1.29, 1.82) is 0 Å². The Hall–Kier alpha value is -3.87. The molecular weight excluding hydrogens is 342 g/mol. The first-order valence-electron chi connectivity index (χ1n) is 8.30. The molecule has 4 aromatic rings. The van der Waals surface area contributed by atoms with Crippen LogP contribution < -0.4 is 5.32 Å². The highest BCUT2D eigenvalue weighted by atomic mass is 16.1. The van der Waals surface area contributed by atoms with E-state index in [1.54, 1.807) is 35.1 Å². The van der Waals surface area contributed by atoms with Crippen molar-refractivity contribution in [2.75, 3.05) is 5.32 Å². The van der Waals surface area contributed by atoms with Gasteiger partial charge in [0.2, 0.25) is 11.7 Å². The summed E-state index contributed by atoms with van der Waals surface area (Å²) < 4.78 is 1.67. The van der Waals surface area contributed by atoms with Crippen molar-refractivity contribution in [2.45, 2.75) is 6.92 Å². The molecule has 0 spiro atoms. The lowest BCUT2D eigenvalue weighted by molar-refractivity contribution is -0.114. The van der Waals surface area contributed by atoms with E-state index in [-0.39, 0.29) is 17.4 Å². The summed E-state index contributed by atoms with van der Waals surface area (Å²) in [4.78, 5) is 32.5. The Morgan fingerprint density at radius 3 is 2.41 bits per heavy atom. The second kappa shape index (κ2) is 6.80. The van der Waals surface area contributed by atoms with E-state index >= 15 is 0 Å². The maximum Gasteiger partial charge on any atom is 0.221 e. The van der Waals surface area contributed by atoms with Gasteiger partial charge in [0.15, 0.2) is 5.65 Å². The summed E-state index contributed by atoms with van der Waals surface area (Å²) in [5.74, 6) is -0.399. The lowest BCUT2D eigenvalue weighted by atomic mass is 10.1. The van der Waals surface area contributed by atoms with Crippen LogP contribution in [0.2, 0.25) is 0 Å². The van der Waals surface area contributed by atoms with Crippen LogP contribution in [0.3, 0.4) is 0 Å². The van der Waals surface area contributed by atoms with E-state index in [1.165, 1.54) is 13.3 Å². The minimum Gasteiger partial charge on any atom is -0.326 e. The van der Waals surface area contributed by atoms with Gasteiger partial charge in [-0.05, 0) is 36.4 Å². The molecule has 7 heteroatoms. The Labute approximate surface area is 154 Å². The number of ketones is 1. The minimum absolute atomic E-state index is 0.167. The Bertz CT molecular complexity index is 1130. The van der Waals surface area contributed by atoms with Gasteiger partial charge in [-0.2, -0.15) is 5.10 Å². The van der Waals surface area contributed by atoms with E-state index in [0.29, 0.717) is 22.3 Å². The SMILES string of the molecule is CC(=O)Nc1ccc(C(=O)c2ncnc3c2cnn3-c2ccccc2)cc1. The lowest BCUT2D eigenvalue weighted by Gasteiger charge is -2.05. The average molecular weight is 357 g/mol. The number of hydrogen-bond acceptors (Lipinski definition) is 5. The number of rotatable bonds is 4. The number of nitrogens with zero attached hydrogens (tertiary/aromatic N) is 4. The third-order valence-corrected chi connectivity index (χ3v) is 4.05. The number of para-hydroxylation sites is 1. The summed E-state index contributed by atoms with van der Waals surface area (Å²) >= 11 is 0. The summed E-state index contributed by atoms with van der Waals surface area (Å²) in [6.45, 7) is 1.43. The summed E-state index contributed by atoms with van der Waals surface area (Å²) in [6, 6.07) is 16.2. The molecule has 0 unspecified atom stereocenters. The number of fused-ring (bicyclic) bond motifs is 1. The van der Waals surface area contributed by atoms with Crippen LogP contribution in [-0.4, -0.2) is 31.4 Å². The summed E-state index contributed by atoms with van der Waals surface area (Å²) in [5, 5.41) is 7.62. The molecule has 132 valence electrons. The molecule has 0 aliphatic heterocycles. The number of nitrogens with one attached hydrogen (secondary N) is 1. The van der Waals surface area contributed by atoms with Gasteiger partial charge in [-0.3, -0.25) is 9.59 Å². The zero-order chi connectivity index (χ0) is 18.8. The molecule has 0 saturated heterocycles. The van der Waals surface area contributed by atoms with Crippen LogP contribution in [0.5, 0.6) is 0 Å². The zero-order valence-corrected chi connectivity index (χ0v) is 14.5. The van der Waals surface area contributed by atoms with Crippen molar-refractivity contribution in [3.8, 4) is 5.69 Å². The quantitative estimate of drug-likeness (QED) is 0.567. The van der Waals surface area contributed by atoms with Crippen LogP contribution >= 0.6 is 0 Å². The molecule has 27 heavy (non-hydrogen) atoms. The highest BCUT2D eigenvalue weighted by Gasteiger charge is 2.18. The summed E-state index contributed by atoms with van der Waals surface area (Å²) in [7, 11) is 0. The number of aromatic nitrogens is 4. The third-order valence-electron chi connectivity index (χ3n) is 4.05. The van der Waals surface area contributed by atoms with Gasteiger partial charge in [0.1, 0.15) is 12.0 Å².